The number of carbonyl (C=O) groups is 3. The van der Waals surface area contributed by atoms with Crippen LogP contribution in [-0.2, 0) is 14.3 Å². The summed E-state index contributed by atoms with van der Waals surface area (Å²) in [6.07, 6.45) is -5.96. The molecule has 1 aromatic rings. The molecule has 2 saturated heterocycles. The van der Waals surface area contributed by atoms with Crippen molar-refractivity contribution in [1.82, 2.24) is 14.7 Å². The highest BCUT2D eigenvalue weighted by Gasteiger charge is 2.56. The first kappa shape index (κ1) is 32.6. The average Bonchev–Trinajstić information content (AvgIpc) is 3.54. The minimum Gasteiger partial charge on any atom is -0.449 e. The molecule has 1 saturated carbocycles. The first-order chi connectivity index (χ1) is 19.5. The molecule has 7 nitrogen and oxygen atoms in total. The minimum absolute atomic E-state index is 0.0940. The summed E-state index contributed by atoms with van der Waals surface area (Å²) >= 11 is 12.3. The second kappa shape index (κ2) is 12.3. The first-order valence-electron chi connectivity index (χ1n) is 13.9. The van der Waals surface area contributed by atoms with E-state index in [9.17, 15) is 36.3 Å². The molecule has 0 unspecified atom stereocenters. The molecular weight excluding hydrogens is 608 g/mol. The quantitative estimate of drug-likeness (QED) is 0.244. The molecule has 2 heterocycles. The highest BCUT2D eigenvalue weighted by Crippen LogP contribution is 2.47. The molecule has 2 atom stereocenters. The third kappa shape index (κ3) is 7.06. The molecule has 3 fully saturated rings. The number of halogens is 7. The lowest BCUT2D eigenvalue weighted by molar-refractivity contribution is -0.284. The third-order valence-corrected chi connectivity index (χ3v) is 9.42. The Balaban J connectivity index is 1.40. The van der Waals surface area contributed by atoms with Crippen molar-refractivity contribution in [1.29, 1.82) is 0 Å². The summed E-state index contributed by atoms with van der Waals surface area (Å²) in [5, 5.41) is 0.614. The maximum Gasteiger partial charge on any atom is 0.453 e. The molecule has 2 aliphatic heterocycles. The van der Waals surface area contributed by atoms with Gasteiger partial charge in [0.25, 0.3) is 0 Å². The molecule has 3 aliphatic rings. The second-order valence-corrected chi connectivity index (χ2v) is 12.6. The zero-order valence-corrected chi connectivity index (χ0v) is 24.9. The third-order valence-electron chi connectivity index (χ3n) is 8.68. The van der Waals surface area contributed by atoms with E-state index in [1.54, 1.807) is 23.1 Å². The molecule has 3 amide bonds. The van der Waals surface area contributed by atoms with E-state index < -0.39 is 49.6 Å². The summed E-state index contributed by atoms with van der Waals surface area (Å²) in [5.74, 6) is -5.52. The number of hydrogen-bond donors (Lipinski definition) is 0. The molecule has 234 valence electrons. The normalized spacial score (nSPS) is 22.7. The Morgan fingerprint density at radius 2 is 1.67 bits per heavy atom. The molecule has 1 aliphatic carbocycles. The van der Waals surface area contributed by atoms with Crippen molar-refractivity contribution in [2.75, 3.05) is 39.8 Å². The van der Waals surface area contributed by atoms with Crippen LogP contribution in [0.2, 0.25) is 10.0 Å². The van der Waals surface area contributed by atoms with Crippen LogP contribution in [0.4, 0.5) is 26.7 Å². The standard InChI is InChI=1S/C28H34Cl2F5N3O4/c1-26(9-10-26)24(40)37-11-6-17(7-12-37)23(39)38-15-19(18-4-5-20(29)21(30)14-18)22(16-38)36(2)25(41)42-13-3-8-27(31,32)28(33,34)35/h4-5,14,17,19,22H,3,6-13,15-16H2,1-2H3/t19-,22+/m1/s1. The molecule has 0 aromatic heterocycles. The number of ether oxygens (including phenoxy) is 1. The molecule has 0 bridgehead atoms. The van der Waals surface area contributed by atoms with E-state index in [1.165, 1.54) is 11.9 Å². The molecule has 4 rings (SSSR count). The van der Waals surface area contributed by atoms with Gasteiger partial charge in [0.2, 0.25) is 11.8 Å². The van der Waals surface area contributed by atoms with E-state index in [0.29, 0.717) is 36.5 Å². The van der Waals surface area contributed by atoms with Crippen LogP contribution in [-0.4, -0.2) is 90.6 Å². The lowest BCUT2D eigenvalue weighted by Gasteiger charge is -2.34. The van der Waals surface area contributed by atoms with E-state index in [-0.39, 0.29) is 41.3 Å². The maximum absolute atomic E-state index is 13.6. The van der Waals surface area contributed by atoms with E-state index in [1.807, 2.05) is 11.8 Å². The summed E-state index contributed by atoms with van der Waals surface area (Å²) in [6.45, 7) is 2.74. The molecule has 0 radical (unpaired) electrons. The predicted octanol–water partition coefficient (Wildman–Crippen LogP) is 6.37. The monoisotopic (exact) mass is 641 g/mol. The number of alkyl halides is 5. The van der Waals surface area contributed by atoms with Gasteiger partial charge in [-0.05, 0) is 49.8 Å². The number of nitrogens with zero attached hydrogens (tertiary/aromatic N) is 3. The molecular formula is C28H34Cl2F5N3O4. The molecule has 42 heavy (non-hydrogen) atoms. The Kier molecular flexibility index (Phi) is 9.57. The molecule has 1 aromatic carbocycles. The van der Waals surface area contributed by atoms with Crippen molar-refractivity contribution in [2.24, 2.45) is 11.3 Å². The predicted molar refractivity (Wildman–Crippen MR) is 146 cm³/mol. The number of benzene rings is 1. The van der Waals surface area contributed by atoms with Crippen LogP contribution < -0.4 is 0 Å². The Morgan fingerprint density at radius 1 is 1.02 bits per heavy atom. The summed E-state index contributed by atoms with van der Waals surface area (Å²) in [5.41, 5.74) is 0.442. The van der Waals surface area contributed by atoms with E-state index in [4.69, 9.17) is 27.9 Å². The lowest BCUT2D eigenvalue weighted by atomic mass is 9.93. The maximum atomic E-state index is 13.6. The smallest absolute Gasteiger partial charge is 0.449 e. The van der Waals surface area contributed by atoms with Crippen LogP contribution in [0.15, 0.2) is 18.2 Å². The number of hydrogen-bond acceptors (Lipinski definition) is 4. The van der Waals surface area contributed by atoms with Gasteiger partial charge in [-0.25, -0.2) is 4.79 Å². The van der Waals surface area contributed by atoms with Crippen LogP contribution in [0, 0.1) is 11.3 Å². The Morgan fingerprint density at radius 3 is 2.24 bits per heavy atom. The van der Waals surface area contributed by atoms with Crippen molar-refractivity contribution < 1.29 is 41.1 Å². The Bertz CT molecular complexity index is 1190. The minimum atomic E-state index is -5.68. The number of piperidine rings is 1. The summed E-state index contributed by atoms with van der Waals surface area (Å²) in [6, 6.07) is 4.40. The van der Waals surface area contributed by atoms with Gasteiger partial charge in [-0.3, -0.25) is 9.59 Å². The first-order valence-corrected chi connectivity index (χ1v) is 14.7. The summed E-state index contributed by atoms with van der Waals surface area (Å²) in [7, 11) is 1.43. The Labute approximate surface area is 251 Å². The fourth-order valence-corrected chi connectivity index (χ4v) is 5.94. The van der Waals surface area contributed by atoms with E-state index in [0.717, 1.165) is 12.8 Å². The molecule has 0 spiro atoms. The van der Waals surface area contributed by atoms with Crippen molar-refractivity contribution in [3.05, 3.63) is 33.8 Å². The van der Waals surface area contributed by atoms with Crippen LogP contribution in [0.5, 0.6) is 0 Å². The van der Waals surface area contributed by atoms with Crippen LogP contribution in [0.3, 0.4) is 0 Å². The van der Waals surface area contributed by atoms with Gasteiger partial charge in [0.15, 0.2) is 0 Å². The summed E-state index contributed by atoms with van der Waals surface area (Å²) < 4.78 is 68.7. The summed E-state index contributed by atoms with van der Waals surface area (Å²) in [4.78, 5) is 43.8. The van der Waals surface area contributed by atoms with Gasteiger partial charge in [0, 0.05) is 56.9 Å². The van der Waals surface area contributed by atoms with Gasteiger partial charge in [-0.1, -0.05) is 36.2 Å². The number of amides is 3. The van der Waals surface area contributed by atoms with Gasteiger partial charge in [0.05, 0.1) is 22.7 Å². The van der Waals surface area contributed by atoms with Crippen LogP contribution in [0.1, 0.15) is 56.9 Å². The molecule has 0 N–H and O–H groups in total. The average molecular weight is 642 g/mol. The zero-order chi connectivity index (χ0) is 31.0. The molecule has 14 heteroatoms. The number of likely N-dealkylation sites (tertiary alicyclic amines) is 2. The SMILES string of the molecule is CN(C(=O)OCCCC(F)(F)C(F)(F)F)[C@H]1CN(C(=O)C2CCN(C(=O)C3(C)CC3)CC2)C[C@@H]1c1ccc(Cl)c(Cl)c1. The number of rotatable bonds is 8. The topological polar surface area (TPSA) is 70.2 Å². The number of carbonyl (C=O) groups excluding carboxylic acids is 3. The highest BCUT2D eigenvalue weighted by molar-refractivity contribution is 6.42. The zero-order valence-electron chi connectivity index (χ0n) is 23.4. The van der Waals surface area contributed by atoms with Crippen molar-refractivity contribution >= 4 is 41.1 Å². The van der Waals surface area contributed by atoms with Gasteiger partial charge >= 0.3 is 18.2 Å². The van der Waals surface area contributed by atoms with Gasteiger partial charge in [-0.15, -0.1) is 0 Å². The Hall–Kier alpha value is -2.34. The van der Waals surface area contributed by atoms with Crippen molar-refractivity contribution in [3.8, 4) is 0 Å². The van der Waals surface area contributed by atoms with Crippen LogP contribution in [0.25, 0.3) is 0 Å². The number of likely N-dealkylation sites (N-methyl/N-ethyl adjacent to an activating group) is 1. The van der Waals surface area contributed by atoms with Gasteiger partial charge in [0.1, 0.15) is 0 Å². The second-order valence-electron chi connectivity index (χ2n) is 11.7. The fourth-order valence-electron chi connectivity index (χ4n) is 5.63. The van der Waals surface area contributed by atoms with E-state index in [2.05, 4.69) is 0 Å². The van der Waals surface area contributed by atoms with Crippen molar-refractivity contribution in [2.45, 2.75) is 69.5 Å². The largest absolute Gasteiger partial charge is 0.453 e. The highest BCUT2D eigenvalue weighted by atomic mass is 35.5. The fraction of sp³-hybridized carbons (Fsp3) is 0.679. The van der Waals surface area contributed by atoms with E-state index >= 15 is 0 Å². The van der Waals surface area contributed by atoms with Crippen molar-refractivity contribution in [3.63, 3.8) is 0 Å². The van der Waals surface area contributed by atoms with Gasteiger partial charge in [-0.2, -0.15) is 22.0 Å². The van der Waals surface area contributed by atoms with Crippen LogP contribution >= 0.6 is 23.2 Å². The van der Waals surface area contributed by atoms with Gasteiger partial charge < -0.3 is 19.4 Å². The lowest BCUT2D eigenvalue weighted by Crippen LogP contribution is -2.46.